The third-order valence-electron chi connectivity index (χ3n) is 10.5. The van der Waals surface area contributed by atoms with Gasteiger partial charge in [0.1, 0.15) is 18.5 Å². The lowest BCUT2D eigenvalue weighted by Crippen LogP contribution is -2.63. The third-order valence-corrected chi connectivity index (χ3v) is 10.5. The topological polar surface area (TPSA) is 165 Å². The summed E-state index contributed by atoms with van der Waals surface area (Å²) < 4.78 is 24.2. The first-order valence-electron chi connectivity index (χ1n) is 18.9. The van der Waals surface area contributed by atoms with E-state index in [0.717, 1.165) is 22.0 Å². The fraction of sp³-hybridized carbons (Fsp3) is 0.571. The van der Waals surface area contributed by atoms with Crippen molar-refractivity contribution < 1.29 is 48.7 Å². The summed E-state index contributed by atoms with van der Waals surface area (Å²) in [6.45, 7) is 9.29. The summed E-state index contributed by atoms with van der Waals surface area (Å²) in [7, 11) is 3.43. The van der Waals surface area contributed by atoms with E-state index >= 15 is 0 Å². The summed E-state index contributed by atoms with van der Waals surface area (Å²) >= 11 is 0. The summed E-state index contributed by atoms with van der Waals surface area (Å²) in [6.07, 6.45) is 4.28. The zero-order chi connectivity index (χ0) is 39.5. The fourth-order valence-corrected chi connectivity index (χ4v) is 7.23. The molecule has 1 aromatic carbocycles. The molecule has 296 valence electrons. The molecule has 2 aliphatic heterocycles. The number of hydrogen-bond donors (Lipinski definition) is 3. The maximum Gasteiger partial charge on any atom is 0.308 e. The first-order chi connectivity index (χ1) is 25.7. The van der Waals surface area contributed by atoms with E-state index in [9.17, 15) is 29.7 Å². The molecule has 4 rings (SSSR count). The molecule has 12 atom stereocenters. The third kappa shape index (κ3) is 11.5. The molecule has 0 radical (unpaired) electrons. The van der Waals surface area contributed by atoms with Crippen LogP contribution in [0.5, 0.6) is 0 Å². The van der Waals surface area contributed by atoms with Gasteiger partial charge in [0.15, 0.2) is 12.1 Å². The number of aromatic nitrogens is 1. The molecular formula is C42H58N2O10. The highest BCUT2D eigenvalue weighted by Gasteiger charge is 2.47. The zero-order valence-corrected chi connectivity index (χ0v) is 32.5. The molecule has 0 spiro atoms. The van der Waals surface area contributed by atoms with Crippen LogP contribution in [-0.4, -0.2) is 120 Å². The second kappa shape index (κ2) is 20.3. The quantitative estimate of drug-likeness (QED) is 0.180. The van der Waals surface area contributed by atoms with Crippen molar-refractivity contribution in [3.05, 3.63) is 72.0 Å². The second-order valence-corrected chi connectivity index (χ2v) is 15.0. The van der Waals surface area contributed by atoms with Gasteiger partial charge in [-0.1, -0.05) is 68.8 Å². The van der Waals surface area contributed by atoms with Crippen LogP contribution in [0.1, 0.15) is 59.4 Å². The lowest BCUT2D eigenvalue weighted by Gasteiger charge is -2.46. The lowest BCUT2D eigenvalue weighted by atomic mass is 9.81. The van der Waals surface area contributed by atoms with Crippen LogP contribution in [0.4, 0.5) is 0 Å². The average Bonchev–Trinajstić information content (AvgIpc) is 3.14. The number of carbonyl (C=O) groups excluding carboxylic acids is 3. The van der Waals surface area contributed by atoms with Crippen molar-refractivity contribution in [1.82, 2.24) is 9.88 Å². The Morgan fingerprint density at radius 1 is 1.06 bits per heavy atom. The standard InChI is InChI=1S/C42H58N2O10/c1-8-36-32(24-51-17-11-12-29-20-30-13-9-10-14-33(30)43-22-29)18-25(2)15-16-34(46)26(3)19-31(23-45)41(27(4)35(47)21-37(48)53-36)54-42-40(50)38(44(6)7)39(49)28(5)52-42/h9-16,18,20,22-23,26-28,31-32,35-36,38-42,47,49-50H,8,17,19,21,24H2,1-7H3/b12-11+,16-15+,25-18+/t26-,27+,28-,31?,32-,35-,36-,38+,39-,40-,41-,42+/m1/s1. The highest BCUT2D eigenvalue weighted by Crippen LogP contribution is 2.32. The predicted octanol–water partition coefficient (Wildman–Crippen LogP) is 4.30. The molecule has 3 N–H and O–H groups in total. The summed E-state index contributed by atoms with van der Waals surface area (Å²) in [4.78, 5) is 45.6. The second-order valence-electron chi connectivity index (χ2n) is 15.0. The molecule has 2 aliphatic rings. The van der Waals surface area contributed by atoms with Crippen LogP contribution in [0.3, 0.4) is 0 Å². The van der Waals surface area contributed by atoms with Gasteiger partial charge in [0, 0.05) is 35.3 Å². The number of ketones is 1. The number of esters is 1. The molecular weight excluding hydrogens is 692 g/mol. The molecule has 1 unspecified atom stereocenters. The van der Waals surface area contributed by atoms with Gasteiger partial charge < -0.3 is 44.0 Å². The Bertz CT molecular complexity index is 1640. The Morgan fingerprint density at radius 3 is 2.50 bits per heavy atom. The Hall–Kier alpha value is -3.62. The number of allylic oxidation sites excluding steroid dienone is 3. The number of aliphatic hydroxyl groups excluding tert-OH is 3. The van der Waals surface area contributed by atoms with Crippen molar-refractivity contribution in [2.75, 3.05) is 27.3 Å². The van der Waals surface area contributed by atoms with Crippen LogP contribution in [-0.2, 0) is 33.3 Å². The monoisotopic (exact) mass is 750 g/mol. The van der Waals surface area contributed by atoms with Crippen molar-refractivity contribution in [3.63, 3.8) is 0 Å². The Balaban J connectivity index is 1.54. The maximum absolute atomic E-state index is 13.4. The van der Waals surface area contributed by atoms with Gasteiger partial charge in [0.25, 0.3) is 0 Å². The van der Waals surface area contributed by atoms with Gasteiger partial charge in [-0.25, -0.2) is 0 Å². The van der Waals surface area contributed by atoms with Gasteiger partial charge in [0.05, 0.1) is 55.6 Å². The van der Waals surface area contributed by atoms with Gasteiger partial charge in [-0.15, -0.1) is 0 Å². The lowest BCUT2D eigenvalue weighted by molar-refractivity contribution is -0.302. The van der Waals surface area contributed by atoms with Gasteiger partial charge in [-0.3, -0.25) is 14.6 Å². The Labute approximate surface area is 318 Å². The van der Waals surface area contributed by atoms with E-state index < -0.39 is 72.7 Å². The average molecular weight is 751 g/mol. The number of nitrogens with zero attached hydrogens (tertiary/aromatic N) is 2. The van der Waals surface area contributed by atoms with E-state index in [1.807, 2.05) is 56.3 Å². The number of likely N-dealkylation sites (N-methyl/N-ethyl adjacent to an activating group) is 1. The molecule has 54 heavy (non-hydrogen) atoms. The van der Waals surface area contributed by atoms with Crippen LogP contribution < -0.4 is 0 Å². The number of carbonyl (C=O) groups is 3. The molecule has 0 amide bonds. The normalized spacial score (nSPS) is 35.1. The summed E-state index contributed by atoms with van der Waals surface area (Å²) in [5.74, 6) is -3.54. The zero-order valence-electron chi connectivity index (χ0n) is 32.5. The number of cyclic esters (lactones) is 1. The van der Waals surface area contributed by atoms with Crippen LogP contribution in [0.25, 0.3) is 17.0 Å². The number of pyridine rings is 1. The smallest absolute Gasteiger partial charge is 0.308 e. The molecule has 1 aromatic heterocycles. The number of para-hydroxylation sites is 1. The molecule has 2 aromatic rings. The number of ether oxygens (including phenoxy) is 4. The van der Waals surface area contributed by atoms with E-state index in [-0.39, 0.29) is 31.1 Å². The number of fused-ring (bicyclic) bond motifs is 1. The maximum atomic E-state index is 13.4. The number of hydrogen-bond acceptors (Lipinski definition) is 12. The van der Waals surface area contributed by atoms with Gasteiger partial charge >= 0.3 is 5.97 Å². The molecule has 12 heteroatoms. The summed E-state index contributed by atoms with van der Waals surface area (Å²) in [5.41, 5.74) is 2.62. The number of rotatable bonds is 10. The Morgan fingerprint density at radius 2 is 1.80 bits per heavy atom. The number of aldehydes is 1. The van der Waals surface area contributed by atoms with E-state index in [0.29, 0.717) is 19.3 Å². The first kappa shape index (κ1) is 43.1. The number of aliphatic hydroxyl groups is 3. The Kier molecular flexibility index (Phi) is 16.2. The van der Waals surface area contributed by atoms with E-state index in [1.165, 1.54) is 6.08 Å². The molecule has 0 aliphatic carbocycles. The molecule has 0 bridgehead atoms. The summed E-state index contributed by atoms with van der Waals surface area (Å²) in [6, 6.07) is 9.20. The van der Waals surface area contributed by atoms with E-state index in [4.69, 9.17) is 18.9 Å². The predicted molar refractivity (Wildman–Crippen MR) is 205 cm³/mol. The van der Waals surface area contributed by atoms with Crippen LogP contribution in [0, 0.1) is 23.7 Å². The van der Waals surface area contributed by atoms with Gasteiger partial charge in [-0.2, -0.15) is 0 Å². The van der Waals surface area contributed by atoms with Crippen molar-refractivity contribution in [2.45, 2.75) is 103 Å². The van der Waals surface area contributed by atoms with Crippen molar-refractivity contribution in [3.8, 4) is 0 Å². The van der Waals surface area contributed by atoms with Gasteiger partial charge in [0.2, 0.25) is 0 Å². The van der Waals surface area contributed by atoms with E-state index in [2.05, 4.69) is 11.1 Å². The van der Waals surface area contributed by atoms with Crippen LogP contribution >= 0.6 is 0 Å². The first-order valence-corrected chi connectivity index (χ1v) is 18.9. The van der Waals surface area contributed by atoms with Crippen molar-refractivity contribution >= 4 is 35.0 Å². The molecule has 12 nitrogen and oxygen atoms in total. The van der Waals surface area contributed by atoms with Crippen molar-refractivity contribution in [1.29, 1.82) is 0 Å². The highest BCUT2D eigenvalue weighted by atomic mass is 16.7. The molecule has 1 fully saturated rings. The van der Waals surface area contributed by atoms with E-state index in [1.54, 1.807) is 52.0 Å². The number of benzene rings is 1. The summed E-state index contributed by atoms with van der Waals surface area (Å²) in [5, 5.41) is 34.4. The largest absolute Gasteiger partial charge is 0.462 e. The van der Waals surface area contributed by atoms with Crippen LogP contribution in [0.2, 0.25) is 0 Å². The molecule has 1 saturated heterocycles. The minimum absolute atomic E-state index is 0.0802. The molecule has 3 heterocycles. The SMILES string of the molecule is CC[C@H]1OC(=O)C[C@@H](O)[C@H](C)[C@@H](O[C@@H]2O[C@H](C)[C@@H](O)[C@H](N(C)C)[C@H]2O)C(C=O)C[C@@H](C)C(=O)/C=C/C(C)=C/[C@@H]1COC/C=C/c1cnc2ccccc2c1. The molecule has 0 saturated carbocycles. The van der Waals surface area contributed by atoms with Crippen LogP contribution in [0.15, 0.2) is 66.4 Å². The van der Waals surface area contributed by atoms with Gasteiger partial charge in [-0.05, 0) is 64.6 Å². The minimum atomic E-state index is -1.31. The van der Waals surface area contributed by atoms with Crippen molar-refractivity contribution in [2.24, 2.45) is 23.7 Å². The minimum Gasteiger partial charge on any atom is -0.462 e. The fourth-order valence-electron chi connectivity index (χ4n) is 7.23. The highest BCUT2D eigenvalue weighted by molar-refractivity contribution is 5.92.